The lowest BCUT2D eigenvalue weighted by molar-refractivity contribution is -0.118. The van der Waals surface area contributed by atoms with Crippen LogP contribution in [0.15, 0.2) is 77.7 Å². The molecule has 2 N–H and O–H groups in total. The molecule has 0 aliphatic carbocycles. The predicted molar refractivity (Wildman–Crippen MR) is 138 cm³/mol. The van der Waals surface area contributed by atoms with E-state index in [0.717, 1.165) is 37.7 Å². The molecule has 0 aliphatic heterocycles. The lowest BCUT2D eigenvalue weighted by Crippen LogP contribution is -2.29. The van der Waals surface area contributed by atoms with E-state index in [4.69, 9.17) is 4.74 Å². The highest BCUT2D eigenvalue weighted by Crippen LogP contribution is 2.25. The first-order valence-electron chi connectivity index (χ1n) is 11.9. The molecule has 0 aliphatic rings. The minimum atomic E-state index is -0.576. The zero-order chi connectivity index (χ0) is 24.0. The number of Topliss-reactive ketones (excluding diaryl/α,β-unsaturated/α-hetero) is 1. The first-order chi connectivity index (χ1) is 16.6. The molecule has 0 saturated heterocycles. The third kappa shape index (κ3) is 9.57. The second-order valence-corrected chi connectivity index (χ2v) is 9.47. The van der Waals surface area contributed by atoms with E-state index in [1.807, 2.05) is 42.5 Å². The van der Waals surface area contributed by atoms with Crippen molar-refractivity contribution in [2.45, 2.75) is 56.1 Å². The third-order valence-electron chi connectivity index (χ3n) is 5.55. The molecule has 0 spiro atoms. The number of benzene rings is 3. The summed E-state index contributed by atoms with van der Waals surface area (Å²) in [6, 6.07) is 24.1. The normalized spacial score (nSPS) is 11.8. The highest BCUT2D eigenvalue weighted by molar-refractivity contribution is 7.99. The quantitative estimate of drug-likeness (QED) is 0.215. The minimum Gasteiger partial charge on any atom is -0.445 e. The number of hydrogen-bond acceptors (Lipinski definition) is 5. The highest BCUT2D eigenvalue weighted by Gasteiger charge is 2.08. The van der Waals surface area contributed by atoms with Gasteiger partial charge in [-0.15, -0.1) is 11.8 Å². The summed E-state index contributed by atoms with van der Waals surface area (Å²) < 4.78 is 5.10. The average Bonchev–Trinajstić information content (AvgIpc) is 2.87. The number of thioether (sulfide) groups is 1. The Hall–Kier alpha value is -2.83. The Kier molecular flexibility index (Phi) is 10.9. The lowest BCUT2D eigenvalue weighted by atomic mass is 10.1. The molecule has 0 aromatic heterocycles. The van der Waals surface area contributed by atoms with Crippen molar-refractivity contribution in [1.82, 2.24) is 5.32 Å². The molecule has 0 bridgehead atoms. The Morgan fingerprint density at radius 2 is 1.62 bits per heavy atom. The number of nitrogens with one attached hydrogen (secondary N) is 1. The van der Waals surface area contributed by atoms with Crippen molar-refractivity contribution in [2.75, 3.05) is 12.3 Å². The van der Waals surface area contributed by atoms with Crippen LogP contribution in [0.2, 0.25) is 0 Å². The van der Waals surface area contributed by atoms with Gasteiger partial charge in [0.1, 0.15) is 6.61 Å². The van der Waals surface area contributed by atoms with Crippen LogP contribution in [0, 0.1) is 0 Å². The predicted octanol–water partition coefficient (Wildman–Crippen LogP) is 6.13. The van der Waals surface area contributed by atoms with Gasteiger partial charge in [0.05, 0.1) is 12.6 Å². The fourth-order valence-electron chi connectivity index (χ4n) is 3.62. The summed E-state index contributed by atoms with van der Waals surface area (Å²) in [6.07, 6.45) is 3.96. The Bertz CT molecular complexity index is 1040. The van der Waals surface area contributed by atoms with Gasteiger partial charge in [0.2, 0.25) is 0 Å². The number of rotatable bonds is 14. The molecular formula is C28H33NO4S. The maximum Gasteiger partial charge on any atom is 0.407 e. The topological polar surface area (TPSA) is 75.6 Å². The van der Waals surface area contributed by atoms with Crippen LogP contribution in [0.1, 0.15) is 44.1 Å². The van der Waals surface area contributed by atoms with Gasteiger partial charge in [-0.05, 0) is 41.3 Å². The second-order valence-electron chi connectivity index (χ2n) is 8.38. The third-order valence-corrected chi connectivity index (χ3v) is 6.69. The fraction of sp³-hybridized carbons (Fsp3) is 0.357. The smallest absolute Gasteiger partial charge is 0.407 e. The molecule has 0 fully saturated rings. The van der Waals surface area contributed by atoms with Gasteiger partial charge in [0.15, 0.2) is 5.78 Å². The minimum absolute atomic E-state index is 0.00165. The number of amides is 1. The Morgan fingerprint density at radius 3 is 2.44 bits per heavy atom. The van der Waals surface area contributed by atoms with Gasteiger partial charge in [0.25, 0.3) is 0 Å². The summed E-state index contributed by atoms with van der Waals surface area (Å²) in [5.74, 6) is 0.687. The van der Waals surface area contributed by atoms with Gasteiger partial charge in [-0.25, -0.2) is 4.79 Å². The van der Waals surface area contributed by atoms with E-state index in [0.29, 0.717) is 12.2 Å². The number of unbranched alkanes of at least 4 members (excludes halogenated alkanes) is 3. The highest BCUT2D eigenvalue weighted by atomic mass is 32.2. The Morgan fingerprint density at radius 1 is 0.882 bits per heavy atom. The number of aliphatic hydroxyl groups is 1. The van der Waals surface area contributed by atoms with Crippen LogP contribution in [-0.4, -0.2) is 35.4 Å². The molecule has 0 heterocycles. The first-order valence-corrected chi connectivity index (χ1v) is 12.8. The molecule has 0 radical (unpaired) electrons. The fourth-order valence-corrected chi connectivity index (χ4v) is 4.55. The average molecular weight is 480 g/mol. The number of fused-ring (bicyclic) bond motifs is 1. The van der Waals surface area contributed by atoms with Gasteiger partial charge in [-0.2, -0.15) is 0 Å². The molecule has 0 saturated carbocycles. The van der Waals surface area contributed by atoms with Crippen LogP contribution in [0.5, 0.6) is 0 Å². The summed E-state index contributed by atoms with van der Waals surface area (Å²) in [5.41, 5.74) is 0.904. The van der Waals surface area contributed by atoms with Gasteiger partial charge in [-0.3, -0.25) is 4.79 Å². The molecule has 0 unspecified atom stereocenters. The van der Waals surface area contributed by atoms with E-state index in [2.05, 4.69) is 35.6 Å². The first kappa shape index (κ1) is 25.8. The Labute approximate surface area is 205 Å². The summed E-state index contributed by atoms with van der Waals surface area (Å²) in [5, 5.41) is 15.2. The van der Waals surface area contributed by atoms with Crippen LogP contribution in [0.25, 0.3) is 10.8 Å². The van der Waals surface area contributed by atoms with Crippen molar-refractivity contribution >= 4 is 34.4 Å². The zero-order valence-corrected chi connectivity index (χ0v) is 20.3. The molecule has 1 amide bonds. The van der Waals surface area contributed by atoms with Crippen molar-refractivity contribution < 1.29 is 19.4 Å². The van der Waals surface area contributed by atoms with Crippen LogP contribution in [0.3, 0.4) is 0 Å². The maximum atomic E-state index is 12.0. The van der Waals surface area contributed by atoms with E-state index in [1.165, 1.54) is 15.7 Å². The SMILES string of the molecule is O=C(CCCCCC[C@@H](O)CSc1ccc2ccccc2c1)CNC(=O)OCc1ccccc1. The number of carbonyl (C=O) groups excluding carboxylic acids is 2. The number of alkyl carbamates (subject to hydrolysis) is 1. The van der Waals surface area contributed by atoms with Gasteiger partial charge >= 0.3 is 6.09 Å². The van der Waals surface area contributed by atoms with Gasteiger partial charge in [-0.1, -0.05) is 79.9 Å². The van der Waals surface area contributed by atoms with E-state index in [1.54, 1.807) is 11.8 Å². The van der Waals surface area contributed by atoms with Gasteiger partial charge in [0, 0.05) is 17.1 Å². The number of aliphatic hydroxyl groups excluding tert-OH is 1. The summed E-state index contributed by atoms with van der Waals surface area (Å²) in [6.45, 7) is 0.186. The molecule has 3 aromatic rings. The van der Waals surface area contributed by atoms with E-state index >= 15 is 0 Å². The van der Waals surface area contributed by atoms with Crippen molar-refractivity contribution in [3.8, 4) is 0 Å². The molecular weight excluding hydrogens is 446 g/mol. The second kappa shape index (κ2) is 14.4. The number of hydrogen-bond donors (Lipinski definition) is 2. The largest absolute Gasteiger partial charge is 0.445 e. The van der Waals surface area contributed by atoms with Crippen molar-refractivity contribution in [2.24, 2.45) is 0 Å². The lowest BCUT2D eigenvalue weighted by Gasteiger charge is -2.10. The molecule has 5 nitrogen and oxygen atoms in total. The number of carbonyl (C=O) groups is 2. The maximum absolute atomic E-state index is 12.0. The number of ketones is 1. The van der Waals surface area contributed by atoms with E-state index < -0.39 is 6.09 Å². The van der Waals surface area contributed by atoms with Crippen molar-refractivity contribution in [1.29, 1.82) is 0 Å². The van der Waals surface area contributed by atoms with Gasteiger partial charge < -0.3 is 15.2 Å². The molecule has 3 aromatic carbocycles. The summed E-state index contributed by atoms with van der Waals surface area (Å²) >= 11 is 1.69. The van der Waals surface area contributed by atoms with Crippen LogP contribution < -0.4 is 5.32 Å². The monoisotopic (exact) mass is 479 g/mol. The molecule has 6 heteroatoms. The zero-order valence-electron chi connectivity index (χ0n) is 19.4. The van der Waals surface area contributed by atoms with Crippen LogP contribution in [0.4, 0.5) is 4.79 Å². The number of ether oxygens (including phenoxy) is 1. The molecule has 34 heavy (non-hydrogen) atoms. The summed E-state index contributed by atoms with van der Waals surface area (Å²) in [4.78, 5) is 24.8. The molecule has 3 rings (SSSR count). The Balaban J connectivity index is 1.18. The van der Waals surface area contributed by atoms with Crippen molar-refractivity contribution in [3.63, 3.8) is 0 Å². The van der Waals surface area contributed by atoms with Crippen LogP contribution in [-0.2, 0) is 16.1 Å². The summed E-state index contributed by atoms with van der Waals surface area (Å²) in [7, 11) is 0. The molecule has 1 atom stereocenters. The molecule has 180 valence electrons. The van der Waals surface area contributed by atoms with E-state index in [-0.39, 0.29) is 25.0 Å². The van der Waals surface area contributed by atoms with E-state index in [9.17, 15) is 14.7 Å². The van der Waals surface area contributed by atoms with Crippen molar-refractivity contribution in [3.05, 3.63) is 78.4 Å². The van der Waals surface area contributed by atoms with Crippen LogP contribution >= 0.6 is 11.8 Å². The standard InChI is InChI=1S/C28H33NO4S/c30-25(19-29-28(32)33-20-22-10-4-3-5-11-22)14-6-1-2-7-15-26(31)21-34-27-17-16-23-12-8-9-13-24(23)18-27/h3-5,8-13,16-18,26,31H,1-2,6-7,14-15,19-21H2,(H,29,32)/t26-/m1/s1.